The minimum atomic E-state index is -0.561. The molecule has 0 spiro atoms. The maximum absolute atomic E-state index is 12.2. The Balaban J connectivity index is 1.73. The number of carbonyl (C=O) groups is 1. The van der Waals surface area contributed by atoms with Crippen molar-refractivity contribution in [3.63, 3.8) is 0 Å². The molecule has 2 aliphatic heterocycles. The number of methoxy groups -OCH3 is 2. The highest BCUT2D eigenvalue weighted by atomic mass is 32.2. The third-order valence-corrected chi connectivity index (χ3v) is 5.82. The Kier molecular flexibility index (Phi) is 4.66. The molecule has 0 bridgehead atoms. The van der Waals surface area contributed by atoms with Crippen molar-refractivity contribution in [3.05, 3.63) is 30.3 Å². The van der Waals surface area contributed by atoms with E-state index in [-0.39, 0.29) is 5.91 Å². The molecule has 4 rings (SSSR count). The van der Waals surface area contributed by atoms with Gasteiger partial charge in [0.2, 0.25) is 0 Å². The Morgan fingerprint density at radius 2 is 1.93 bits per heavy atom. The summed E-state index contributed by atoms with van der Waals surface area (Å²) in [7, 11) is 3.21. The maximum atomic E-state index is 12.2. The maximum Gasteiger partial charge on any atom is 0.264 e. The second-order valence-corrected chi connectivity index (χ2v) is 8.49. The summed E-state index contributed by atoms with van der Waals surface area (Å²) >= 11 is 1.45. The Morgan fingerprint density at radius 1 is 1.14 bits per heavy atom. The first-order valence-electron chi connectivity index (χ1n) is 8.89. The van der Waals surface area contributed by atoms with Crippen molar-refractivity contribution in [1.82, 2.24) is 4.98 Å². The number of fused-ring (bicyclic) bond motifs is 1. The number of amidine groups is 1. The molecule has 8 heteroatoms. The first-order chi connectivity index (χ1) is 13.4. The van der Waals surface area contributed by atoms with Crippen LogP contribution in [0.25, 0.3) is 11.3 Å². The molecule has 0 fully saturated rings. The normalized spacial score (nSPS) is 17.6. The minimum absolute atomic E-state index is 0.128. The fourth-order valence-electron chi connectivity index (χ4n) is 3.07. The fourth-order valence-corrected chi connectivity index (χ4v) is 4.07. The van der Waals surface area contributed by atoms with E-state index in [4.69, 9.17) is 19.2 Å². The van der Waals surface area contributed by atoms with Gasteiger partial charge in [-0.1, -0.05) is 11.8 Å². The zero-order chi connectivity index (χ0) is 19.9. The molecule has 0 N–H and O–H groups in total. The Morgan fingerprint density at radius 3 is 2.61 bits per heavy atom. The summed E-state index contributed by atoms with van der Waals surface area (Å²) in [4.78, 5) is 23.2. The number of thioether (sulfide) groups is 1. The van der Waals surface area contributed by atoms with Crippen molar-refractivity contribution in [2.75, 3.05) is 32.3 Å². The second kappa shape index (κ2) is 7.01. The molecule has 2 aromatic rings. The van der Waals surface area contributed by atoms with Gasteiger partial charge in [0, 0.05) is 5.56 Å². The van der Waals surface area contributed by atoms with Crippen molar-refractivity contribution in [2.45, 2.75) is 18.6 Å². The van der Waals surface area contributed by atoms with Crippen LogP contribution in [0.3, 0.4) is 0 Å². The molecule has 7 nitrogen and oxygen atoms in total. The Bertz CT molecular complexity index is 974. The van der Waals surface area contributed by atoms with Gasteiger partial charge in [0.15, 0.2) is 28.2 Å². The van der Waals surface area contributed by atoms with Crippen molar-refractivity contribution in [2.24, 2.45) is 4.99 Å². The van der Waals surface area contributed by atoms with E-state index in [1.807, 2.05) is 49.1 Å². The number of hydrogen-bond donors (Lipinski definition) is 0. The number of amides is 1. The summed E-state index contributed by atoms with van der Waals surface area (Å²) in [5, 5.41) is 0.663. The van der Waals surface area contributed by atoms with Gasteiger partial charge < -0.3 is 14.2 Å². The summed E-state index contributed by atoms with van der Waals surface area (Å²) in [5.41, 5.74) is 1.66. The molecule has 0 radical (unpaired) electrons. The standard InChI is InChI=1S/C20H21N3O4S/c1-20(2)18(24)22-19(28-20)23-9-10-27-15-8-6-13(21-17(15)23)12-5-7-14(25-3)16(11-12)26-4/h5-8,11H,9-10H2,1-4H3. The van der Waals surface area contributed by atoms with E-state index in [2.05, 4.69) is 4.99 Å². The van der Waals surface area contributed by atoms with Crippen LogP contribution in [0.2, 0.25) is 0 Å². The number of nitrogens with zero attached hydrogens (tertiary/aromatic N) is 3. The predicted molar refractivity (Wildman–Crippen MR) is 110 cm³/mol. The summed E-state index contributed by atoms with van der Waals surface area (Å²) in [6.45, 7) is 4.86. The highest BCUT2D eigenvalue weighted by Gasteiger charge is 2.40. The van der Waals surface area contributed by atoms with E-state index in [0.29, 0.717) is 41.4 Å². The lowest BCUT2D eigenvalue weighted by Gasteiger charge is -2.30. The van der Waals surface area contributed by atoms with Gasteiger partial charge in [-0.2, -0.15) is 4.99 Å². The fraction of sp³-hybridized carbons (Fsp3) is 0.350. The van der Waals surface area contributed by atoms with Crippen LogP contribution in [-0.2, 0) is 4.79 Å². The van der Waals surface area contributed by atoms with Crippen molar-refractivity contribution in [3.8, 4) is 28.5 Å². The zero-order valence-corrected chi connectivity index (χ0v) is 17.0. The summed E-state index contributed by atoms with van der Waals surface area (Å²) < 4.78 is 15.9. The van der Waals surface area contributed by atoms with Crippen LogP contribution in [-0.4, -0.2) is 48.2 Å². The largest absolute Gasteiger partial charge is 0.493 e. The highest BCUT2D eigenvalue weighted by Crippen LogP contribution is 2.40. The number of carbonyl (C=O) groups excluding carboxylic acids is 1. The minimum Gasteiger partial charge on any atom is -0.493 e. The van der Waals surface area contributed by atoms with Gasteiger partial charge in [-0.25, -0.2) is 4.98 Å². The van der Waals surface area contributed by atoms with E-state index >= 15 is 0 Å². The molecule has 28 heavy (non-hydrogen) atoms. The van der Waals surface area contributed by atoms with E-state index in [9.17, 15) is 4.79 Å². The zero-order valence-electron chi connectivity index (χ0n) is 16.2. The molecule has 0 saturated carbocycles. The molecule has 0 saturated heterocycles. The molecule has 0 aliphatic carbocycles. The molecule has 146 valence electrons. The van der Waals surface area contributed by atoms with Gasteiger partial charge in [-0.05, 0) is 44.2 Å². The molecule has 0 atom stereocenters. The Hall–Kier alpha value is -2.74. The molecule has 1 amide bonds. The number of hydrogen-bond acceptors (Lipinski definition) is 7. The number of benzene rings is 1. The van der Waals surface area contributed by atoms with Gasteiger partial charge in [0.1, 0.15) is 6.61 Å². The van der Waals surface area contributed by atoms with Gasteiger partial charge >= 0.3 is 0 Å². The lowest BCUT2D eigenvalue weighted by molar-refractivity contribution is -0.119. The number of pyridine rings is 1. The van der Waals surface area contributed by atoms with Crippen molar-refractivity contribution >= 4 is 28.7 Å². The van der Waals surface area contributed by atoms with Crippen LogP contribution in [0.4, 0.5) is 5.82 Å². The van der Waals surface area contributed by atoms with Crippen LogP contribution >= 0.6 is 11.8 Å². The average molecular weight is 399 g/mol. The summed E-state index contributed by atoms with van der Waals surface area (Å²) in [5.74, 6) is 2.50. The first kappa shape index (κ1) is 18.6. The summed E-state index contributed by atoms with van der Waals surface area (Å²) in [6.07, 6.45) is 0. The lowest BCUT2D eigenvalue weighted by atomic mass is 10.1. The van der Waals surface area contributed by atoms with Gasteiger partial charge in [-0.3, -0.25) is 9.69 Å². The molecular formula is C20H21N3O4S. The molecule has 3 heterocycles. The number of aliphatic imine (C=N–C) groups is 1. The van der Waals surface area contributed by atoms with Gasteiger partial charge in [0.25, 0.3) is 5.91 Å². The van der Waals surface area contributed by atoms with Crippen molar-refractivity contribution < 1.29 is 19.0 Å². The molecule has 1 aromatic heterocycles. The molecule has 2 aliphatic rings. The number of rotatable bonds is 3. The van der Waals surface area contributed by atoms with Crippen LogP contribution in [0.1, 0.15) is 13.8 Å². The van der Waals surface area contributed by atoms with E-state index in [1.54, 1.807) is 14.2 Å². The van der Waals surface area contributed by atoms with Crippen LogP contribution in [0.15, 0.2) is 35.3 Å². The van der Waals surface area contributed by atoms with E-state index in [0.717, 1.165) is 11.3 Å². The topological polar surface area (TPSA) is 73.2 Å². The van der Waals surface area contributed by atoms with Crippen LogP contribution in [0.5, 0.6) is 17.2 Å². The van der Waals surface area contributed by atoms with E-state index < -0.39 is 4.75 Å². The lowest BCUT2D eigenvalue weighted by Crippen LogP contribution is -2.37. The first-order valence-corrected chi connectivity index (χ1v) is 9.70. The quantitative estimate of drug-likeness (QED) is 0.783. The van der Waals surface area contributed by atoms with Crippen molar-refractivity contribution in [1.29, 1.82) is 0 Å². The third kappa shape index (κ3) is 3.17. The van der Waals surface area contributed by atoms with E-state index in [1.165, 1.54) is 11.8 Å². The monoisotopic (exact) mass is 399 g/mol. The second-order valence-electron chi connectivity index (χ2n) is 6.90. The SMILES string of the molecule is COc1ccc(-c2ccc3c(n2)N(C2=NC(=O)C(C)(C)S2)CCO3)cc1OC. The third-order valence-electron chi connectivity index (χ3n) is 4.64. The molecule has 0 unspecified atom stereocenters. The highest BCUT2D eigenvalue weighted by molar-refractivity contribution is 8.16. The van der Waals surface area contributed by atoms with Crippen LogP contribution < -0.4 is 19.1 Å². The average Bonchev–Trinajstić information content (AvgIpc) is 2.98. The summed E-state index contributed by atoms with van der Waals surface area (Å²) in [6, 6.07) is 9.46. The number of aromatic nitrogens is 1. The van der Waals surface area contributed by atoms with Crippen LogP contribution in [0, 0.1) is 0 Å². The van der Waals surface area contributed by atoms with Gasteiger partial charge in [-0.15, -0.1) is 0 Å². The number of ether oxygens (including phenoxy) is 3. The molecule has 1 aromatic carbocycles. The predicted octanol–water partition coefficient (Wildman–Crippen LogP) is 3.37. The molecular weight excluding hydrogens is 378 g/mol. The number of anilines is 1. The smallest absolute Gasteiger partial charge is 0.264 e. The Labute approximate surface area is 167 Å². The van der Waals surface area contributed by atoms with Gasteiger partial charge in [0.05, 0.1) is 31.2 Å².